The number of unbranched alkanes of at least 4 members (excludes halogenated alkanes) is 1. The van der Waals surface area contributed by atoms with Gasteiger partial charge in [-0.05, 0) is 55.8 Å². The summed E-state index contributed by atoms with van der Waals surface area (Å²) in [4.78, 5) is 14.8. The van der Waals surface area contributed by atoms with E-state index in [-0.39, 0.29) is 6.09 Å². The van der Waals surface area contributed by atoms with Gasteiger partial charge in [-0.3, -0.25) is 4.90 Å². The maximum Gasteiger partial charge on any atom is 0.414 e. The standard InChI is InChI=1S/C24H27NO2/c1-5-6-11-16-25(23(26)27-24(2,3)4)22-17-18-12-7-8-13-19(18)20-14-9-10-15-21(20)22/h5,7-10,12-15,17H,1,6,11,16H2,2-4H3. The minimum absolute atomic E-state index is 0.313. The summed E-state index contributed by atoms with van der Waals surface area (Å²) in [6, 6.07) is 18.6. The van der Waals surface area contributed by atoms with Crippen molar-refractivity contribution in [3.8, 4) is 0 Å². The monoisotopic (exact) mass is 361 g/mol. The Morgan fingerprint density at radius 3 is 2.33 bits per heavy atom. The molecule has 3 rings (SSSR count). The second-order valence-electron chi connectivity index (χ2n) is 7.73. The van der Waals surface area contributed by atoms with Gasteiger partial charge in [0.1, 0.15) is 5.60 Å². The molecule has 0 aliphatic carbocycles. The highest BCUT2D eigenvalue weighted by atomic mass is 16.6. The fraction of sp³-hybridized carbons (Fsp3) is 0.292. The SMILES string of the molecule is C=CCCCN(C(=O)OC(C)(C)C)c1cc2ccccc2c2ccccc12. The minimum Gasteiger partial charge on any atom is -0.443 e. The first-order valence-corrected chi connectivity index (χ1v) is 9.42. The number of hydrogen-bond donors (Lipinski definition) is 0. The van der Waals surface area contributed by atoms with Gasteiger partial charge in [0.2, 0.25) is 0 Å². The Bertz CT molecular complexity index is 969. The highest BCUT2D eigenvalue weighted by Crippen LogP contribution is 2.35. The Hall–Kier alpha value is -2.81. The van der Waals surface area contributed by atoms with E-state index < -0.39 is 5.60 Å². The van der Waals surface area contributed by atoms with Crippen LogP contribution in [0.25, 0.3) is 21.5 Å². The van der Waals surface area contributed by atoms with Crippen molar-refractivity contribution in [2.75, 3.05) is 11.4 Å². The van der Waals surface area contributed by atoms with Gasteiger partial charge >= 0.3 is 6.09 Å². The highest BCUT2D eigenvalue weighted by Gasteiger charge is 2.24. The van der Waals surface area contributed by atoms with E-state index in [0.29, 0.717) is 6.54 Å². The van der Waals surface area contributed by atoms with Gasteiger partial charge in [-0.15, -0.1) is 6.58 Å². The Kier molecular flexibility index (Phi) is 5.50. The Balaban J connectivity index is 2.15. The van der Waals surface area contributed by atoms with E-state index >= 15 is 0 Å². The number of allylic oxidation sites excluding steroid dienone is 1. The van der Waals surface area contributed by atoms with Crippen LogP contribution in [-0.2, 0) is 4.74 Å². The largest absolute Gasteiger partial charge is 0.443 e. The molecule has 0 fully saturated rings. The molecule has 0 spiro atoms. The van der Waals surface area contributed by atoms with Gasteiger partial charge in [-0.1, -0.05) is 54.6 Å². The minimum atomic E-state index is -0.541. The number of fused-ring (bicyclic) bond motifs is 3. The van der Waals surface area contributed by atoms with Gasteiger partial charge < -0.3 is 4.74 Å². The third kappa shape index (κ3) is 4.30. The molecular formula is C24H27NO2. The molecule has 0 radical (unpaired) electrons. The molecule has 140 valence electrons. The number of benzene rings is 3. The van der Waals surface area contributed by atoms with Crippen molar-refractivity contribution in [1.82, 2.24) is 0 Å². The lowest BCUT2D eigenvalue weighted by molar-refractivity contribution is 0.0580. The maximum atomic E-state index is 13.0. The van der Waals surface area contributed by atoms with Crippen LogP contribution in [0.2, 0.25) is 0 Å². The summed E-state index contributed by atoms with van der Waals surface area (Å²) in [5.41, 5.74) is 0.350. The first kappa shape index (κ1) is 19.0. The summed E-state index contributed by atoms with van der Waals surface area (Å²) >= 11 is 0. The van der Waals surface area contributed by atoms with Crippen LogP contribution in [0.4, 0.5) is 10.5 Å². The number of ether oxygens (including phenoxy) is 1. The van der Waals surface area contributed by atoms with Crippen LogP contribution in [0.1, 0.15) is 33.6 Å². The Morgan fingerprint density at radius 1 is 1.04 bits per heavy atom. The van der Waals surface area contributed by atoms with E-state index in [4.69, 9.17) is 4.74 Å². The molecule has 0 unspecified atom stereocenters. The molecule has 0 heterocycles. The zero-order valence-electron chi connectivity index (χ0n) is 16.4. The molecular weight excluding hydrogens is 334 g/mol. The van der Waals surface area contributed by atoms with E-state index in [0.717, 1.165) is 34.7 Å². The molecule has 0 aliphatic heterocycles. The topological polar surface area (TPSA) is 29.5 Å². The van der Waals surface area contributed by atoms with Crippen LogP contribution in [0.15, 0.2) is 67.3 Å². The molecule has 3 heteroatoms. The van der Waals surface area contributed by atoms with E-state index in [2.05, 4.69) is 36.9 Å². The summed E-state index contributed by atoms with van der Waals surface area (Å²) in [6.07, 6.45) is 3.26. The van der Waals surface area contributed by atoms with E-state index in [9.17, 15) is 4.79 Å². The predicted molar refractivity (Wildman–Crippen MR) is 114 cm³/mol. The molecule has 27 heavy (non-hydrogen) atoms. The normalized spacial score (nSPS) is 11.5. The molecule has 0 aliphatic rings. The molecule has 3 aromatic carbocycles. The van der Waals surface area contributed by atoms with Gasteiger partial charge in [0, 0.05) is 11.9 Å². The number of nitrogens with zero attached hydrogens (tertiary/aromatic N) is 1. The maximum absolute atomic E-state index is 13.0. The molecule has 3 nitrogen and oxygen atoms in total. The summed E-state index contributed by atoms with van der Waals surface area (Å²) in [5.74, 6) is 0. The molecule has 1 amide bonds. The zero-order valence-corrected chi connectivity index (χ0v) is 16.4. The number of hydrogen-bond acceptors (Lipinski definition) is 2. The lowest BCUT2D eigenvalue weighted by Crippen LogP contribution is -2.37. The third-order valence-electron chi connectivity index (χ3n) is 4.44. The number of carbonyl (C=O) groups is 1. The molecule has 0 aromatic heterocycles. The van der Waals surface area contributed by atoms with Crippen molar-refractivity contribution in [1.29, 1.82) is 0 Å². The predicted octanol–water partition coefficient (Wildman–Crippen LogP) is 6.70. The zero-order chi connectivity index (χ0) is 19.4. The van der Waals surface area contributed by atoms with E-state index in [1.807, 2.05) is 51.1 Å². The van der Waals surface area contributed by atoms with Gasteiger partial charge in [0.25, 0.3) is 0 Å². The van der Waals surface area contributed by atoms with Crippen LogP contribution in [0.3, 0.4) is 0 Å². The van der Waals surface area contributed by atoms with Crippen molar-refractivity contribution >= 4 is 33.3 Å². The van der Waals surface area contributed by atoms with Crippen LogP contribution < -0.4 is 4.90 Å². The van der Waals surface area contributed by atoms with Gasteiger partial charge in [0.05, 0.1) is 5.69 Å². The smallest absolute Gasteiger partial charge is 0.414 e. The first-order valence-electron chi connectivity index (χ1n) is 9.42. The fourth-order valence-corrected chi connectivity index (χ4v) is 3.28. The number of amides is 1. The first-order chi connectivity index (χ1) is 12.9. The Labute approximate surface area is 161 Å². The quantitative estimate of drug-likeness (QED) is 0.287. The summed E-state index contributed by atoms with van der Waals surface area (Å²) in [7, 11) is 0. The number of rotatable bonds is 5. The van der Waals surface area contributed by atoms with Crippen molar-refractivity contribution in [2.24, 2.45) is 0 Å². The van der Waals surface area contributed by atoms with Crippen LogP contribution in [-0.4, -0.2) is 18.2 Å². The second kappa shape index (κ2) is 7.83. The molecule has 0 N–H and O–H groups in total. The van der Waals surface area contributed by atoms with Crippen LogP contribution in [0.5, 0.6) is 0 Å². The summed E-state index contributed by atoms with van der Waals surface area (Å²) < 4.78 is 5.71. The Morgan fingerprint density at radius 2 is 1.67 bits per heavy atom. The van der Waals surface area contributed by atoms with E-state index in [1.54, 1.807) is 4.90 Å². The van der Waals surface area contributed by atoms with Crippen molar-refractivity contribution in [2.45, 2.75) is 39.2 Å². The molecule has 0 bridgehead atoms. The summed E-state index contributed by atoms with van der Waals surface area (Å²) in [5, 5.41) is 4.50. The lowest BCUT2D eigenvalue weighted by Gasteiger charge is -2.28. The fourth-order valence-electron chi connectivity index (χ4n) is 3.28. The van der Waals surface area contributed by atoms with Gasteiger partial charge in [-0.2, -0.15) is 0 Å². The van der Waals surface area contributed by atoms with Crippen LogP contribution >= 0.6 is 0 Å². The number of anilines is 1. The average molecular weight is 361 g/mol. The van der Waals surface area contributed by atoms with Gasteiger partial charge in [0.15, 0.2) is 0 Å². The average Bonchev–Trinajstić information content (AvgIpc) is 2.63. The van der Waals surface area contributed by atoms with Crippen molar-refractivity contribution in [3.05, 3.63) is 67.3 Å². The summed E-state index contributed by atoms with van der Waals surface area (Å²) in [6.45, 7) is 10.1. The lowest BCUT2D eigenvalue weighted by atomic mass is 9.99. The highest BCUT2D eigenvalue weighted by molar-refractivity contribution is 6.15. The van der Waals surface area contributed by atoms with Crippen molar-refractivity contribution in [3.63, 3.8) is 0 Å². The second-order valence-corrected chi connectivity index (χ2v) is 7.73. The molecule has 0 saturated carbocycles. The van der Waals surface area contributed by atoms with Crippen LogP contribution in [0, 0.1) is 0 Å². The van der Waals surface area contributed by atoms with Crippen molar-refractivity contribution < 1.29 is 9.53 Å². The number of carbonyl (C=O) groups excluding carboxylic acids is 1. The third-order valence-corrected chi connectivity index (χ3v) is 4.44. The molecule has 0 atom stereocenters. The van der Waals surface area contributed by atoms with Gasteiger partial charge in [-0.25, -0.2) is 4.79 Å². The van der Waals surface area contributed by atoms with E-state index in [1.165, 1.54) is 5.39 Å². The molecule has 0 saturated heterocycles. The molecule has 3 aromatic rings.